The summed E-state index contributed by atoms with van der Waals surface area (Å²) in [6.45, 7) is 0.238. The van der Waals surface area contributed by atoms with Gasteiger partial charge in [0.1, 0.15) is 18.1 Å². The van der Waals surface area contributed by atoms with Crippen molar-refractivity contribution in [1.82, 2.24) is 20.9 Å². The molecule has 0 saturated carbocycles. The van der Waals surface area contributed by atoms with Crippen LogP contribution in [0, 0.1) is 0 Å². The van der Waals surface area contributed by atoms with E-state index in [1.54, 1.807) is 29.2 Å². The second-order valence-electron chi connectivity index (χ2n) is 12.3. The summed E-state index contributed by atoms with van der Waals surface area (Å²) in [5.41, 5.74) is 7.52. The first-order valence-corrected chi connectivity index (χ1v) is 17.8. The van der Waals surface area contributed by atoms with Crippen LogP contribution < -0.4 is 21.7 Å². The summed E-state index contributed by atoms with van der Waals surface area (Å²) in [5.74, 6) is -2.20. The lowest BCUT2D eigenvalue weighted by Crippen LogP contribution is -2.58. The molecule has 5 amide bonds. The highest BCUT2D eigenvalue weighted by Gasteiger charge is 2.44. The molecular formula is C33H44N5O8P. The maximum atomic E-state index is 13.9. The minimum Gasteiger partial charge on any atom is -0.370 e. The first kappa shape index (κ1) is 35.8. The lowest BCUT2D eigenvalue weighted by molar-refractivity contribution is -0.144. The van der Waals surface area contributed by atoms with E-state index in [1.807, 2.05) is 30.3 Å². The second-order valence-corrected chi connectivity index (χ2v) is 14.0. The summed E-state index contributed by atoms with van der Waals surface area (Å²) in [6, 6.07) is 13.1. The molecule has 13 nitrogen and oxygen atoms in total. The van der Waals surface area contributed by atoms with Crippen LogP contribution >= 0.6 is 7.60 Å². The van der Waals surface area contributed by atoms with Crippen molar-refractivity contribution in [3.05, 3.63) is 71.3 Å². The molecule has 2 heterocycles. The smallest absolute Gasteiger partial charge is 0.329 e. The van der Waals surface area contributed by atoms with Gasteiger partial charge in [-0.15, -0.1) is 0 Å². The van der Waals surface area contributed by atoms with Crippen molar-refractivity contribution in [2.24, 2.45) is 5.73 Å². The maximum absolute atomic E-state index is 13.9. The van der Waals surface area contributed by atoms with Crippen LogP contribution in [0.4, 0.5) is 0 Å². The predicted octanol–water partition coefficient (Wildman–Crippen LogP) is 1.78. The van der Waals surface area contributed by atoms with E-state index < -0.39 is 43.4 Å². The van der Waals surface area contributed by atoms with Crippen LogP contribution in [0.15, 0.2) is 54.6 Å². The number of fused-ring (bicyclic) bond motifs is 1. The van der Waals surface area contributed by atoms with Crippen molar-refractivity contribution < 1.29 is 38.3 Å². The largest absolute Gasteiger partial charge is 0.370 e. The predicted molar refractivity (Wildman–Crippen MR) is 173 cm³/mol. The molecule has 7 N–H and O–H groups in total. The average Bonchev–Trinajstić information content (AvgIpc) is 3.45. The van der Waals surface area contributed by atoms with Crippen molar-refractivity contribution in [2.45, 2.75) is 101 Å². The molecule has 2 aliphatic heterocycles. The molecule has 2 aromatic rings. The van der Waals surface area contributed by atoms with E-state index in [4.69, 9.17) is 15.5 Å². The van der Waals surface area contributed by atoms with Crippen molar-refractivity contribution in [2.75, 3.05) is 0 Å². The molecule has 0 aliphatic carbocycles. The standard InChI is InChI=1S/C33H44N5O8P/c34-29(39)18-16-26(31(41)35-20-23-6-2-1-3-7-23)37-32(42)28-17-15-25-8-4-5-9-27(33(43)38(25)28)36-30(40)19-14-22-10-12-24(13-11-22)21-47(44,45)46/h1-3,6-7,10-13,25-28H,4-5,8-9,14-21H2,(H2,34,39)(H,35,41)(H,36,40)(H,37,42)(H2,44,45,46)/t25?,26-,27-,28-/m0/s1. The first-order valence-electron chi connectivity index (χ1n) is 16.0. The summed E-state index contributed by atoms with van der Waals surface area (Å²) in [5, 5.41) is 8.43. The number of nitrogens with one attached hydrogen (secondary N) is 3. The van der Waals surface area contributed by atoms with Gasteiger partial charge in [0.15, 0.2) is 0 Å². The Bertz CT molecular complexity index is 1470. The quantitative estimate of drug-likeness (QED) is 0.163. The fourth-order valence-electron chi connectivity index (χ4n) is 6.23. The van der Waals surface area contributed by atoms with Gasteiger partial charge in [-0.2, -0.15) is 0 Å². The Morgan fingerprint density at radius 1 is 0.894 bits per heavy atom. The SMILES string of the molecule is NC(=O)CC[C@H](NC(=O)[C@@H]1CCC2CCCC[C@H](NC(=O)CCc3ccc(CP(=O)(O)O)cc3)C(=O)N21)C(=O)NCc1ccccc1. The molecule has 1 unspecified atom stereocenters. The van der Waals surface area contributed by atoms with Gasteiger partial charge < -0.3 is 36.4 Å². The number of aryl methyl sites for hydroxylation is 1. The molecule has 0 spiro atoms. The van der Waals surface area contributed by atoms with E-state index in [9.17, 15) is 28.5 Å². The number of primary amides is 1. The molecule has 2 fully saturated rings. The highest BCUT2D eigenvalue weighted by atomic mass is 31.2. The lowest BCUT2D eigenvalue weighted by Gasteiger charge is -2.35. The summed E-state index contributed by atoms with van der Waals surface area (Å²) in [6.07, 6.45) is 3.80. The topological polar surface area (TPSA) is 208 Å². The Balaban J connectivity index is 1.37. The zero-order valence-corrected chi connectivity index (χ0v) is 27.2. The molecule has 47 heavy (non-hydrogen) atoms. The number of nitrogens with zero attached hydrogens (tertiary/aromatic N) is 1. The molecule has 2 aliphatic rings. The van der Waals surface area contributed by atoms with Crippen molar-refractivity contribution in [3.8, 4) is 0 Å². The third-order valence-electron chi connectivity index (χ3n) is 8.65. The number of benzene rings is 2. The van der Waals surface area contributed by atoms with E-state index in [2.05, 4.69) is 16.0 Å². The van der Waals surface area contributed by atoms with E-state index in [0.717, 1.165) is 30.4 Å². The van der Waals surface area contributed by atoms with Crippen molar-refractivity contribution in [3.63, 3.8) is 0 Å². The van der Waals surface area contributed by atoms with Crippen molar-refractivity contribution in [1.29, 1.82) is 0 Å². The van der Waals surface area contributed by atoms with Crippen LogP contribution in [0.5, 0.6) is 0 Å². The van der Waals surface area contributed by atoms with E-state index in [1.165, 1.54) is 0 Å². The lowest BCUT2D eigenvalue weighted by atomic mass is 9.98. The molecule has 254 valence electrons. The van der Waals surface area contributed by atoms with Gasteiger partial charge in [-0.25, -0.2) is 0 Å². The molecule has 14 heteroatoms. The molecule has 0 radical (unpaired) electrons. The van der Waals surface area contributed by atoms with Crippen LogP contribution in [0.1, 0.15) is 74.5 Å². The van der Waals surface area contributed by atoms with Gasteiger partial charge in [0.2, 0.25) is 29.5 Å². The maximum Gasteiger partial charge on any atom is 0.329 e. The third-order valence-corrected chi connectivity index (χ3v) is 9.42. The van der Waals surface area contributed by atoms with Gasteiger partial charge in [-0.1, -0.05) is 67.4 Å². The Morgan fingerprint density at radius 2 is 1.57 bits per heavy atom. The molecule has 2 saturated heterocycles. The average molecular weight is 670 g/mol. The zero-order valence-electron chi connectivity index (χ0n) is 26.3. The van der Waals surface area contributed by atoms with Crippen LogP contribution in [-0.4, -0.2) is 68.4 Å². The molecule has 0 aromatic heterocycles. The first-order chi connectivity index (χ1) is 22.4. The van der Waals surface area contributed by atoms with Gasteiger partial charge in [0.25, 0.3) is 0 Å². The van der Waals surface area contributed by atoms with E-state index in [0.29, 0.717) is 31.2 Å². The number of nitrogens with two attached hydrogens (primary N) is 1. The summed E-state index contributed by atoms with van der Waals surface area (Å²) in [4.78, 5) is 85.0. The minimum absolute atomic E-state index is 0.0108. The second kappa shape index (κ2) is 16.7. The van der Waals surface area contributed by atoms with Crippen LogP contribution in [0.2, 0.25) is 0 Å². The van der Waals surface area contributed by atoms with E-state index >= 15 is 0 Å². The summed E-state index contributed by atoms with van der Waals surface area (Å²) >= 11 is 0. The molecule has 4 rings (SSSR count). The molecular weight excluding hydrogens is 625 g/mol. The Hall–Kier alpha value is -4.06. The van der Waals surface area contributed by atoms with Gasteiger partial charge >= 0.3 is 7.60 Å². The molecule has 2 aromatic carbocycles. The Morgan fingerprint density at radius 3 is 2.26 bits per heavy atom. The Kier molecular flexibility index (Phi) is 12.7. The van der Waals surface area contributed by atoms with Gasteiger partial charge in [0.05, 0.1) is 6.16 Å². The highest BCUT2D eigenvalue weighted by molar-refractivity contribution is 7.50. The third kappa shape index (κ3) is 11.0. The zero-order chi connectivity index (χ0) is 34.0. The number of hydrogen-bond acceptors (Lipinski definition) is 6. The molecule has 4 atom stereocenters. The van der Waals surface area contributed by atoms with Gasteiger partial charge in [0, 0.05) is 25.4 Å². The van der Waals surface area contributed by atoms with Crippen LogP contribution in [0.25, 0.3) is 0 Å². The fraction of sp³-hybridized carbons (Fsp3) is 0.485. The normalized spacial score (nSPS) is 20.3. The van der Waals surface area contributed by atoms with Gasteiger partial charge in [-0.05, 0) is 55.2 Å². The number of amides is 5. The van der Waals surface area contributed by atoms with E-state index in [-0.39, 0.29) is 49.8 Å². The number of carbonyl (C=O) groups is 5. The number of rotatable bonds is 14. The van der Waals surface area contributed by atoms with Crippen LogP contribution in [-0.2, 0) is 47.7 Å². The minimum atomic E-state index is -4.18. The highest BCUT2D eigenvalue weighted by Crippen LogP contribution is 2.39. The van der Waals surface area contributed by atoms with Crippen molar-refractivity contribution >= 4 is 37.1 Å². The van der Waals surface area contributed by atoms with Gasteiger partial charge in [-0.3, -0.25) is 28.5 Å². The Labute approximate surface area is 274 Å². The number of carbonyl (C=O) groups excluding carboxylic acids is 5. The monoisotopic (exact) mass is 669 g/mol. The summed E-state index contributed by atoms with van der Waals surface area (Å²) in [7, 11) is -4.18. The summed E-state index contributed by atoms with van der Waals surface area (Å²) < 4.78 is 11.2. The van der Waals surface area contributed by atoms with Crippen LogP contribution in [0.3, 0.4) is 0 Å². The fourth-order valence-corrected chi connectivity index (χ4v) is 6.91. The number of hydrogen-bond donors (Lipinski definition) is 6. The molecule has 0 bridgehead atoms.